The first-order valence-corrected chi connectivity index (χ1v) is 4.29. The Morgan fingerprint density at radius 2 is 1.77 bits per heavy atom. The first-order chi connectivity index (χ1) is 6.27. The summed E-state index contributed by atoms with van der Waals surface area (Å²) in [7, 11) is 3.99. The Kier molecular flexibility index (Phi) is 1.89. The normalized spacial score (nSPS) is 10.3. The molecular formula is C11H12N2. The van der Waals surface area contributed by atoms with Crippen LogP contribution in [0.25, 0.3) is 11.1 Å². The van der Waals surface area contributed by atoms with Crippen LogP contribution in [0.4, 0.5) is 5.82 Å². The van der Waals surface area contributed by atoms with Gasteiger partial charge in [-0.25, -0.2) is 4.98 Å². The molecule has 66 valence electrons. The van der Waals surface area contributed by atoms with Crippen LogP contribution in [-0.2, 0) is 0 Å². The Hall–Kier alpha value is -1.57. The van der Waals surface area contributed by atoms with Crippen LogP contribution in [0.5, 0.6) is 0 Å². The maximum absolute atomic E-state index is 4.37. The predicted molar refractivity (Wildman–Crippen MR) is 55.2 cm³/mol. The van der Waals surface area contributed by atoms with E-state index in [4.69, 9.17) is 0 Å². The summed E-state index contributed by atoms with van der Waals surface area (Å²) in [4.78, 5) is 6.37. The lowest BCUT2D eigenvalue weighted by atomic mass is 10.2. The summed E-state index contributed by atoms with van der Waals surface area (Å²) in [5.74, 6) is 0.983. The van der Waals surface area contributed by atoms with Gasteiger partial charge in [0.15, 0.2) is 0 Å². The van der Waals surface area contributed by atoms with Crippen molar-refractivity contribution in [3.05, 3.63) is 36.5 Å². The minimum absolute atomic E-state index is 0.983. The molecule has 2 rings (SSSR count). The van der Waals surface area contributed by atoms with Gasteiger partial charge >= 0.3 is 0 Å². The molecule has 2 heteroatoms. The summed E-state index contributed by atoms with van der Waals surface area (Å²) < 4.78 is 0. The van der Waals surface area contributed by atoms with Gasteiger partial charge < -0.3 is 4.90 Å². The van der Waals surface area contributed by atoms with E-state index in [1.54, 1.807) is 0 Å². The van der Waals surface area contributed by atoms with E-state index in [0.717, 1.165) is 5.82 Å². The largest absolute Gasteiger partial charge is 0.363 e. The van der Waals surface area contributed by atoms with E-state index in [0.29, 0.717) is 0 Å². The van der Waals surface area contributed by atoms with E-state index in [1.165, 1.54) is 11.1 Å². The molecule has 0 radical (unpaired) electrons. The lowest BCUT2D eigenvalue weighted by Crippen LogP contribution is -2.08. The number of anilines is 1. The van der Waals surface area contributed by atoms with Crippen LogP contribution in [0.1, 0.15) is 0 Å². The number of aromatic nitrogens is 1. The van der Waals surface area contributed by atoms with Crippen LogP contribution in [0, 0.1) is 0 Å². The quantitative estimate of drug-likeness (QED) is 0.656. The smallest absolute Gasteiger partial charge is 0.127 e. The van der Waals surface area contributed by atoms with Crippen LogP contribution < -0.4 is 4.90 Å². The van der Waals surface area contributed by atoms with Gasteiger partial charge in [0.25, 0.3) is 0 Å². The topological polar surface area (TPSA) is 16.1 Å². The van der Waals surface area contributed by atoms with Crippen molar-refractivity contribution in [3.63, 3.8) is 0 Å². The standard InChI is InChI=1S/C11H12N2/c1-13(2)11-7-6-9-4-3-5-10(9)8-12-11/h3-8H,1-2H3. The fraction of sp³-hybridized carbons (Fsp3) is 0.182. The molecule has 0 N–H and O–H groups in total. The Morgan fingerprint density at radius 1 is 1.00 bits per heavy atom. The Labute approximate surface area is 78.2 Å². The molecule has 0 unspecified atom stereocenters. The number of rotatable bonds is 1. The van der Waals surface area contributed by atoms with Crippen molar-refractivity contribution in [2.45, 2.75) is 0 Å². The SMILES string of the molecule is CN(C)c1ccc2cccc-2cn1. The van der Waals surface area contributed by atoms with Crippen molar-refractivity contribution in [3.8, 4) is 11.1 Å². The molecule has 1 aliphatic carbocycles. The molecule has 2 aliphatic rings. The first kappa shape index (κ1) is 8.05. The van der Waals surface area contributed by atoms with Crippen molar-refractivity contribution >= 4 is 5.82 Å². The van der Waals surface area contributed by atoms with Gasteiger partial charge in [-0.05, 0) is 11.6 Å². The Bertz CT molecular complexity index is 351. The average Bonchev–Trinajstić information content (AvgIpc) is 2.44. The highest BCUT2D eigenvalue weighted by Crippen LogP contribution is 2.21. The van der Waals surface area contributed by atoms with Crippen LogP contribution in [-0.4, -0.2) is 19.1 Å². The Morgan fingerprint density at radius 3 is 2.54 bits per heavy atom. The second kappa shape index (κ2) is 3.05. The van der Waals surface area contributed by atoms with Crippen LogP contribution >= 0.6 is 0 Å². The summed E-state index contributed by atoms with van der Waals surface area (Å²) in [5.41, 5.74) is 2.42. The van der Waals surface area contributed by atoms with E-state index in [-0.39, 0.29) is 0 Å². The zero-order valence-corrected chi connectivity index (χ0v) is 7.86. The second-order valence-electron chi connectivity index (χ2n) is 3.28. The summed E-state index contributed by atoms with van der Waals surface area (Å²) in [6, 6.07) is 10.3. The summed E-state index contributed by atoms with van der Waals surface area (Å²) in [5, 5.41) is 0. The lowest BCUT2D eigenvalue weighted by molar-refractivity contribution is 1.08. The molecule has 0 atom stereocenters. The highest BCUT2D eigenvalue weighted by Gasteiger charge is 2.00. The molecule has 1 aliphatic heterocycles. The Balaban J connectivity index is 2.55. The molecular weight excluding hydrogens is 160 g/mol. The van der Waals surface area contributed by atoms with Crippen molar-refractivity contribution in [1.82, 2.24) is 4.98 Å². The summed E-state index contributed by atoms with van der Waals surface area (Å²) >= 11 is 0. The molecule has 0 bridgehead atoms. The van der Waals surface area contributed by atoms with Gasteiger partial charge in [-0.3, -0.25) is 0 Å². The molecule has 0 aromatic heterocycles. The molecule has 0 saturated heterocycles. The maximum Gasteiger partial charge on any atom is 0.127 e. The third kappa shape index (κ3) is 1.47. The van der Waals surface area contributed by atoms with Crippen molar-refractivity contribution in [2.75, 3.05) is 19.0 Å². The number of nitrogens with zero attached hydrogens (tertiary/aromatic N) is 2. The fourth-order valence-corrected chi connectivity index (χ4v) is 1.32. The first-order valence-electron chi connectivity index (χ1n) is 4.29. The lowest BCUT2D eigenvalue weighted by Gasteiger charge is -2.07. The number of hydrogen-bond acceptors (Lipinski definition) is 2. The average molecular weight is 172 g/mol. The maximum atomic E-state index is 4.37. The third-order valence-electron chi connectivity index (χ3n) is 2.09. The monoisotopic (exact) mass is 172 g/mol. The van der Waals surface area contributed by atoms with Gasteiger partial charge in [0.05, 0.1) is 0 Å². The van der Waals surface area contributed by atoms with E-state index >= 15 is 0 Å². The van der Waals surface area contributed by atoms with Gasteiger partial charge in [0.1, 0.15) is 5.82 Å². The van der Waals surface area contributed by atoms with E-state index in [2.05, 4.69) is 23.2 Å². The molecule has 0 fully saturated rings. The third-order valence-corrected chi connectivity index (χ3v) is 2.09. The van der Waals surface area contributed by atoms with E-state index in [1.807, 2.05) is 37.3 Å². The van der Waals surface area contributed by atoms with Crippen LogP contribution in [0.15, 0.2) is 36.5 Å². The molecule has 0 saturated carbocycles. The molecule has 0 spiro atoms. The molecule has 1 heterocycles. The highest BCUT2D eigenvalue weighted by atomic mass is 15.1. The van der Waals surface area contributed by atoms with Gasteiger partial charge in [0, 0.05) is 25.9 Å². The minimum Gasteiger partial charge on any atom is -0.363 e. The minimum atomic E-state index is 0.983. The predicted octanol–water partition coefficient (Wildman–Crippen LogP) is 2.25. The van der Waals surface area contributed by atoms with Gasteiger partial charge in [-0.15, -0.1) is 0 Å². The van der Waals surface area contributed by atoms with Gasteiger partial charge in [0.2, 0.25) is 0 Å². The zero-order valence-electron chi connectivity index (χ0n) is 7.86. The van der Waals surface area contributed by atoms with Crippen LogP contribution in [0.3, 0.4) is 0 Å². The van der Waals surface area contributed by atoms with Gasteiger partial charge in [-0.1, -0.05) is 24.3 Å². The van der Waals surface area contributed by atoms with Crippen molar-refractivity contribution in [2.24, 2.45) is 0 Å². The highest BCUT2D eigenvalue weighted by molar-refractivity contribution is 5.65. The molecule has 0 aromatic rings. The van der Waals surface area contributed by atoms with E-state index < -0.39 is 0 Å². The summed E-state index contributed by atoms with van der Waals surface area (Å²) in [6.45, 7) is 0. The number of hydrogen-bond donors (Lipinski definition) is 0. The summed E-state index contributed by atoms with van der Waals surface area (Å²) in [6.07, 6.45) is 1.91. The van der Waals surface area contributed by atoms with E-state index in [9.17, 15) is 0 Å². The second-order valence-corrected chi connectivity index (χ2v) is 3.28. The zero-order chi connectivity index (χ0) is 9.26. The van der Waals surface area contributed by atoms with Crippen molar-refractivity contribution in [1.29, 1.82) is 0 Å². The number of fused-ring (bicyclic) bond motifs is 1. The van der Waals surface area contributed by atoms with Gasteiger partial charge in [-0.2, -0.15) is 0 Å². The molecule has 0 aromatic carbocycles. The molecule has 2 nitrogen and oxygen atoms in total. The van der Waals surface area contributed by atoms with Crippen molar-refractivity contribution < 1.29 is 0 Å². The molecule has 13 heavy (non-hydrogen) atoms. The van der Waals surface area contributed by atoms with Crippen LogP contribution in [0.2, 0.25) is 0 Å². The fourth-order valence-electron chi connectivity index (χ4n) is 1.32. The molecule has 0 amide bonds.